The Morgan fingerprint density at radius 2 is 2.30 bits per heavy atom. The molecule has 0 bridgehead atoms. The molecule has 2 rings (SSSR count). The summed E-state index contributed by atoms with van der Waals surface area (Å²) in [4.78, 5) is 29.4. The number of hydrogen-bond acceptors (Lipinski definition) is 3. The lowest BCUT2D eigenvalue weighted by Crippen LogP contribution is -2.41. The second-order valence-electron chi connectivity index (χ2n) is 5.00. The van der Waals surface area contributed by atoms with E-state index < -0.39 is 0 Å². The number of anilines is 1. The molecule has 1 unspecified atom stereocenters. The van der Waals surface area contributed by atoms with Crippen LogP contribution in [0.25, 0.3) is 0 Å². The largest absolute Gasteiger partial charge is 0.338 e. The van der Waals surface area contributed by atoms with Crippen molar-refractivity contribution in [3.05, 3.63) is 22.8 Å². The highest BCUT2D eigenvalue weighted by Crippen LogP contribution is 2.15. The van der Waals surface area contributed by atoms with E-state index in [1.54, 1.807) is 23.2 Å². The van der Waals surface area contributed by atoms with E-state index in [4.69, 9.17) is 0 Å². The molecular formula is C13H17BrN4O2. The second kappa shape index (κ2) is 6.21. The molecule has 3 amide bonds. The molecular weight excluding hydrogens is 324 g/mol. The van der Waals surface area contributed by atoms with E-state index in [2.05, 4.69) is 31.5 Å². The predicted octanol–water partition coefficient (Wildman–Crippen LogP) is 1.97. The average molecular weight is 341 g/mol. The number of carbonyl (C=O) groups is 2. The predicted molar refractivity (Wildman–Crippen MR) is 79.3 cm³/mol. The van der Waals surface area contributed by atoms with Gasteiger partial charge in [0.05, 0.1) is 6.04 Å². The summed E-state index contributed by atoms with van der Waals surface area (Å²) < 4.78 is 0.838. The number of halogens is 1. The maximum Gasteiger partial charge on any atom is 0.320 e. The Balaban J connectivity index is 1.88. The van der Waals surface area contributed by atoms with Gasteiger partial charge in [-0.05, 0) is 26.0 Å². The third-order valence-electron chi connectivity index (χ3n) is 3.08. The lowest BCUT2D eigenvalue weighted by Gasteiger charge is -2.21. The standard InChI is InChI=1S/C13H17BrN4O2/c1-8(2)18-7-10(6-12(18)19)16-13(20)17-11-5-9(14)3-4-15-11/h3-5,8,10H,6-7H2,1-2H3,(H2,15,16,17,20). The molecule has 2 heterocycles. The van der Waals surface area contributed by atoms with Crippen LogP contribution in [0.5, 0.6) is 0 Å². The van der Waals surface area contributed by atoms with E-state index in [1.807, 2.05) is 13.8 Å². The van der Waals surface area contributed by atoms with Gasteiger partial charge in [0.2, 0.25) is 5.91 Å². The van der Waals surface area contributed by atoms with Crippen LogP contribution in [0.4, 0.5) is 10.6 Å². The van der Waals surface area contributed by atoms with Crippen LogP contribution >= 0.6 is 15.9 Å². The molecule has 1 fully saturated rings. The van der Waals surface area contributed by atoms with Gasteiger partial charge in [-0.25, -0.2) is 9.78 Å². The fourth-order valence-corrected chi connectivity index (χ4v) is 2.47. The highest BCUT2D eigenvalue weighted by molar-refractivity contribution is 9.10. The smallest absolute Gasteiger partial charge is 0.320 e. The van der Waals surface area contributed by atoms with Crippen molar-refractivity contribution in [2.45, 2.75) is 32.4 Å². The molecule has 7 heteroatoms. The van der Waals surface area contributed by atoms with Crippen LogP contribution < -0.4 is 10.6 Å². The Labute approximate surface area is 126 Å². The van der Waals surface area contributed by atoms with Crippen LogP contribution in [0.15, 0.2) is 22.8 Å². The molecule has 108 valence electrons. The first-order valence-electron chi connectivity index (χ1n) is 6.44. The van der Waals surface area contributed by atoms with Crippen molar-refractivity contribution in [2.24, 2.45) is 0 Å². The fourth-order valence-electron chi connectivity index (χ4n) is 2.14. The molecule has 2 N–H and O–H groups in total. The summed E-state index contributed by atoms with van der Waals surface area (Å²) in [6.07, 6.45) is 1.94. The number of likely N-dealkylation sites (tertiary alicyclic amines) is 1. The SMILES string of the molecule is CC(C)N1CC(NC(=O)Nc2cc(Br)ccn2)CC1=O. The van der Waals surface area contributed by atoms with Crippen LogP contribution in [-0.4, -0.2) is 40.5 Å². The maximum atomic E-state index is 11.9. The van der Waals surface area contributed by atoms with Gasteiger partial charge in [-0.3, -0.25) is 10.1 Å². The minimum absolute atomic E-state index is 0.0749. The van der Waals surface area contributed by atoms with E-state index in [-0.39, 0.29) is 24.0 Å². The topological polar surface area (TPSA) is 74.3 Å². The van der Waals surface area contributed by atoms with Gasteiger partial charge in [-0.15, -0.1) is 0 Å². The third-order valence-corrected chi connectivity index (χ3v) is 3.57. The van der Waals surface area contributed by atoms with Crippen molar-refractivity contribution in [1.82, 2.24) is 15.2 Å². The van der Waals surface area contributed by atoms with Crippen molar-refractivity contribution >= 4 is 33.7 Å². The number of nitrogens with zero attached hydrogens (tertiary/aromatic N) is 2. The maximum absolute atomic E-state index is 11.9. The highest BCUT2D eigenvalue weighted by atomic mass is 79.9. The normalized spacial score (nSPS) is 18.5. The summed E-state index contributed by atoms with van der Waals surface area (Å²) in [7, 11) is 0. The van der Waals surface area contributed by atoms with Crippen LogP contribution in [0.1, 0.15) is 20.3 Å². The van der Waals surface area contributed by atoms with Crippen molar-refractivity contribution in [1.29, 1.82) is 0 Å². The van der Waals surface area contributed by atoms with Gasteiger partial charge in [-0.2, -0.15) is 0 Å². The minimum atomic E-state index is -0.348. The summed E-state index contributed by atoms with van der Waals surface area (Å²) in [6.45, 7) is 4.48. The first-order chi connectivity index (χ1) is 9.45. The molecule has 0 saturated carbocycles. The van der Waals surface area contributed by atoms with E-state index >= 15 is 0 Å². The zero-order valence-electron chi connectivity index (χ0n) is 11.4. The number of amides is 3. The number of hydrogen-bond donors (Lipinski definition) is 2. The monoisotopic (exact) mass is 340 g/mol. The van der Waals surface area contributed by atoms with Gasteiger partial charge < -0.3 is 10.2 Å². The molecule has 1 aliphatic heterocycles. The van der Waals surface area contributed by atoms with Crippen molar-refractivity contribution in [3.8, 4) is 0 Å². The lowest BCUT2D eigenvalue weighted by atomic mass is 10.2. The Morgan fingerprint density at radius 1 is 1.55 bits per heavy atom. The van der Waals surface area contributed by atoms with Gasteiger partial charge >= 0.3 is 6.03 Å². The average Bonchev–Trinajstić information content (AvgIpc) is 2.70. The molecule has 1 aromatic heterocycles. The zero-order valence-corrected chi connectivity index (χ0v) is 13.0. The van der Waals surface area contributed by atoms with E-state index in [1.165, 1.54) is 0 Å². The molecule has 20 heavy (non-hydrogen) atoms. The summed E-state index contributed by atoms with van der Waals surface area (Å²) in [6, 6.07) is 3.14. The quantitative estimate of drug-likeness (QED) is 0.883. The number of pyridine rings is 1. The van der Waals surface area contributed by atoms with E-state index in [0.29, 0.717) is 18.8 Å². The number of rotatable bonds is 3. The molecule has 1 atom stereocenters. The van der Waals surface area contributed by atoms with Crippen molar-refractivity contribution < 1.29 is 9.59 Å². The summed E-state index contributed by atoms with van der Waals surface area (Å²) in [5, 5.41) is 5.44. The van der Waals surface area contributed by atoms with Crippen LogP contribution in [0, 0.1) is 0 Å². The summed E-state index contributed by atoms with van der Waals surface area (Å²) in [5.74, 6) is 0.535. The number of nitrogens with one attached hydrogen (secondary N) is 2. The van der Waals surface area contributed by atoms with Crippen LogP contribution in [-0.2, 0) is 4.79 Å². The Bertz CT molecular complexity index is 521. The molecule has 0 radical (unpaired) electrons. The molecule has 0 spiro atoms. The summed E-state index contributed by atoms with van der Waals surface area (Å²) >= 11 is 3.31. The van der Waals surface area contributed by atoms with Crippen LogP contribution in [0.2, 0.25) is 0 Å². The van der Waals surface area contributed by atoms with Crippen molar-refractivity contribution in [2.75, 3.05) is 11.9 Å². The lowest BCUT2D eigenvalue weighted by molar-refractivity contribution is -0.129. The van der Waals surface area contributed by atoms with Gasteiger partial charge in [0, 0.05) is 29.7 Å². The molecule has 0 aliphatic carbocycles. The highest BCUT2D eigenvalue weighted by Gasteiger charge is 2.31. The zero-order chi connectivity index (χ0) is 14.7. The van der Waals surface area contributed by atoms with Gasteiger partial charge in [0.15, 0.2) is 0 Å². The Kier molecular flexibility index (Phi) is 4.59. The third kappa shape index (κ3) is 3.69. The number of carbonyl (C=O) groups excluding carboxylic acids is 2. The number of aromatic nitrogens is 1. The molecule has 1 aliphatic rings. The van der Waals surface area contributed by atoms with Gasteiger partial charge in [0.1, 0.15) is 5.82 Å². The van der Waals surface area contributed by atoms with Crippen molar-refractivity contribution in [3.63, 3.8) is 0 Å². The number of urea groups is 1. The van der Waals surface area contributed by atoms with E-state index in [9.17, 15) is 9.59 Å². The fraction of sp³-hybridized carbons (Fsp3) is 0.462. The minimum Gasteiger partial charge on any atom is -0.338 e. The molecule has 1 saturated heterocycles. The van der Waals surface area contributed by atoms with Gasteiger partial charge in [0.25, 0.3) is 0 Å². The Morgan fingerprint density at radius 3 is 2.90 bits per heavy atom. The second-order valence-corrected chi connectivity index (χ2v) is 5.91. The molecule has 1 aromatic rings. The van der Waals surface area contributed by atoms with Gasteiger partial charge in [-0.1, -0.05) is 15.9 Å². The first kappa shape index (κ1) is 14.8. The van der Waals surface area contributed by atoms with E-state index in [0.717, 1.165) is 4.47 Å². The van der Waals surface area contributed by atoms with Crippen LogP contribution in [0.3, 0.4) is 0 Å². The first-order valence-corrected chi connectivity index (χ1v) is 7.23. The molecule has 6 nitrogen and oxygen atoms in total. The summed E-state index contributed by atoms with van der Waals surface area (Å²) in [5.41, 5.74) is 0. The Hall–Kier alpha value is -1.63. The molecule has 0 aromatic carbocycles.